The lowest BCUT2D eigenvalue weighted by Crippen LogP contribution is -2.45. The number of carbonyl (C=O) groups excluding carboxylic acids is 2. The number of nitrogens with zero attached hydrogens (tertiary/aromatic N) is 4. The fourth-order valence-electron chi connectivity index (χ4n) is 3.24. The summed E-state index contributed by atoms with van der Waals surface area (Å²) in [6.45, 7) is 1.09. The van der Waals surface area contributed by atoms with E-state index in [1.807, 2.05) is 13.2 Å². The summed E-state index contributed by atoms with van der Waals surface area (Å²) >= 11 is 5.80. The Morgan fingerprint density at radius 3 is 2.56 bits per heavy atom. The molecule has 0 saturated carbocycles. The molecule has 0 radical (unpaired) electrons. The third-order valence-corrected chi connectivity index (χ3v) is 4.97. The molecule has 1 saturated heterocycles. The van der Waals surface area contributed by atoms with E-state index >= 15 is 0 Å². The Kier molecular flexibility index (Phi) is 6.08. The number of piperidine rings is 1. The van der Waals surface area contributed by atoms with E-state index < -0.39 is 6.04 Å². The predicted octanol–water partition coefficient (Wildman–Crippen LogP) is 1.61. The van der Waals surface area contributed by atoms with Crippen molar-refractivity contribution in [3.63, 3.8) is 0 Å². The first-order chi connectivity index (χ1) is 13.0. The third kappa shape index (κ3) is 4.64. The Hall–Kier alpha value is -2.45. The molecule has 0 aromatic carbocycles. The normalized spacial score (nSPS) is 16.2. The topological polar surface area (TPSA) is 92.2 Å². The molecule has 2 N–H and O–H groups in total. The molecular formula is C18H23ClN6O2. The molecule has 1 aliphatic heterocycles. The third-order valence-electron chi connectivity index (χ3n) is 4.75. The van der Waals surface area contributed by atoms with Crippen LogP contribution in [0.4, 0.5) is 5.82 Å². The highest BCUT2D eigenvalue weighted by Gasteiger charge is 2.31. The minimum absolute atomic E-state index is 0.00345. The van der Waals surface area contributed by atoms with Crippen molar-refractivity contribution in [1.82, 2.24) is 25.0 Å². The predicted molar refractivity (Wildman–Crippen MR) is 102 cm³/mol. The summed E-state index contributed by atoms with van der Waals surface area (Å²) in [4.78, 5) is 31.2. The van der Waals surface area contributed by atoms with Crippen molar-refractivity contribution in [2.24, 2.45) is 13.0 Å². The molecule has 0 spiro atoms. The number of rotatable bonds is 5. The van der Waals surface area contributed by atoms with E-state index in [-0.39, 0.29) is 17.7 Å². The van der Waals surface area contributed by atoms with Crippen molar-refractivity contribution in [2.75, 3.05) is 25.5 Å². The van der Waals surface area contributed by atoms with Crippen LogP contribution in [0.15, 0.2) is 30.7 Å². The highest BCUT2D eigenvalue weighted by molar-refractivity contribution is 6.30. The highest BCUT2D eigenvalue weighted by Crippen LogP contribution is 2.23. The van der Waals surface area contributed by atoms with Gasteiger partial charge in [-0.15, -0.1) is 0 Å². The number of amides is 2. The van der Waals surface area contributed by atoms with Gasteiger partial charge in [0.25, 0.3) is 0 Å². The van der Waals surface area contributed by atoms with E-state index in [1.54, 1.807) is 35.0 Å². The number of aryl methyl sites for hydroxylation is 1. The molecule has 27 heavy (non-hydrogen) atoms. The first kappa shape index (κ1) is 19.3. The van der Waals surface area contributed by atoms with Crippen LogP contribution in [-0.2, 0) is 16.6 Å². The van der Waals surface area contributed by atoms with Crippen LogP contribution >= 0.6 is 11.6 Å². The summed E-state index contributed by atoms with van der Waals surface area (Å²) in [7, 11) is 3.58. The zero-order chi connectivity index (χ0) is 19.4. The molecule has 144 valence electrons. The lowest BCUT2D eigenvalue weighted by Gasteiger charge is -2.33. The lowest BCUT2D eigenvalue weighted by atomic mass is 9.95. The van der Waals surface area contributed by atoms with Crippen LogP contribution in [-0.4, -0.2) is 51.6 Å². The number of hydrogen-bond acceptors (Lipinski definition) is 5. The van der Waals surface area contributed by atoms with E-state index in [4.69, 9.17) is 11.6 Å². The van der Waals surface area contributed by atoms with E-state index in [0.29, 0.717) is 36.8 Å². The van der Waals surface area contributed by atoms with Crippen LogP contribution in [0.25, 0.3) is 0 Å². The van der Waals surface area contributed by atoms with Crippen molar-refractivity contribution >= 4 is 29.2 Å². The second kappa shape index (κ2) is 8.49. The van der Waals surface area contributed by atoms with Crippen LogP contribution in [0.3, 0.4) is 0 Å². The van der Waals surface area contributed by atoms with Gasteiger partial charge in [0.2, 0.25) is 11.8 Å². The molecule has 0 bridgehead atoms. The fourth-order valence-corrected chi connectivity index (χ4v) is 3.36. The first-order valence-electron chi connectivity index (χ1n) is 8.85. The largest absolute Gasteiger partial charge is 0.341 e. The molecule has 1 fully saturated rings. The molecule has 3 rings (SSSR count). The highest BCUT2D eigenvalue weighted by atomic mass is 35.5. The average molecular weight is 391 g/mol. The van der Waals surface area contributed by atoms with Gasteiger partial charge in [-0.25, -0.2) is 4.98 Å². The molecule has 2 aromatic rings. The number of pyridine rings is 1. The van der Waals surface area contributed by atoms with Gasteiger partial charge >= 0.3 is 0 Å². The summed E-state index contributed by atoms with van der Waals surface area (Å²) in [5.74, 6) is 0.269. The van der Waals surface area contributed by atoms with Crippen molar-refractivity contribution in [3.8, 4) is 0 Å². The van der Waals surface area contributed by atoms with Gasteiger partial charge in [-0.1, -0.05) is 11.6 Å². The van der Waals surface area contributed by atoms with E-state index in [1.165, 1.54) is 6.20 Å². The van der Waals surface area contributed by atoms with Gasteiger partial charge in [0.05, 0.1) is 11.2 Å². The number of hydrogen-bond donors (Lipinski definition) is 2. The number of anilines is 1. The molecule has 2 aromatic heterocycles. The Morgan fingerprint density at radius 2 is 2.00 bits per heavy atom. The molecule has 2 amide bonds. The average Bonchev–Trinajstić information content (AvgIpc) is 3.10. The van der Waals surface area contributed by atoms with Crippen LogP contribution < -0.4 is 10.6 Å². The van der Waals surface area contributed by atoms with Gasteiger partial charge in [-0.2, -0.15) is 5.10 Å². The second-order valence-corrected chi connectivity index (χ2v) is 7.06. The number of likely N-dealkylation sites (tertiary alicyclic amines) is 1. The van der Waals surface area contributed by atoms with E-state index in [0.717, 1.165) is 5.56 Å². The smallest absolute Gasteiger partial charge is 0.244 e. The maximum atomic E-state index is 12.8. The van der Waals surface area contributed by atoms with Gasteiger partial charge in [0.15, 0.2) is 0 Å². The van der Waals surface area contributed by atoms with Gasteiger partial charge < -0.3 is 15.5 Å². The molecule has 8 nitrogen and oxygen atoms in total. The Labute approximate surface area is 162 Å². The molecule has 3 heterocycles. The van der Waals surface area contributed by atoms with Gasteiger partial charge in [-0.3, -0.25) is 14.3 Å². The molecule has 0 aliphatic carbocycles. The van der Waals surface area contributed by atoms with Gasteiger partial charge in [0, 0.05) is 44.0 Å². The Bertz CT molecular complexity index is 798. The minimum Gasteiger partial charge on any atom is -0.341 e. The number of carbonyl (C=O) groups is 2. The van der Waals surface area contributed by atoms with Gasteiger partial charge in [-0.05, 0) is 32.0 Å². The minimum atomic E-state index is -0.428. The summed E-state index contributed by atoms with van der Waals surface area (Å²) in [6.07, 6.45) is 6.26. The van der Waals surface area contributed by atoms with Crippen molar-refractivity contribution in [3.05, 3.63) is 41.3 Å². The first-order valence-corrected chi connectivity index (χ1v) is 9.22. The SMILES string of the molecule is CNC(C(=O)N1CCC(C(=O)Nc2ccc(Cl)cn2)CC1)c1cnn(C)c1. The van der Waals surface area contributed by atoms with Crippen molar-refractivity contribution < 1.29 is 9.59 Å². The fraction of sp³-hybridized carbons (Fsp3) is 0.444. The lowest BCUT2D eigenvalue weighted by molar-refractivity contribution is -0.136. The second-order valence-electron chi connectivity index (χ2n) is 6.62. The maximum Gasteiger partial charge on any atom is 0.244 e. The summed E-state index contributed by atoms with van der Waals surface area (Å²) in [5.41, 5.74) is 0.832. The summed E-state index contributed by atoms with van der Waals surface area (Å²) in [6, 6.07) is 2.92. The number of aromatic nitrogens is 3. The van der Waals surface area contributed by atoms with E-state index in [2.05, 4.69) is 20.7 Å². The number of halogens is 1. The Morgan fingerprint density at radius 1 is 1.26 bits per heavy atom. The number of nitrogens with one attached hydrogen (secondary N) is 2. The molecular weight excluding hydrogens is 368 g/mol. The van der Waals surface area contributed by atoms with Crippen molar-refractivity contribution in [2.45, 2.75) is 18.9 Å². The van der Waals surface area contributed by atoms with Crippen LogP contribution in [0, 0.1) is 5.92 Å². The standard InChI is InChI=1S/C18H23ClN6O2/c1-20-16(13-9-22-24(2)11-13)18(27)25-7-5-12(6-8-25)17(26)23-15-4-3-14(19)10-21-15/h3-4,9-12,16,20H,5-8H2,1-2H3,(H,21,23,26). The van der Waals surface area contributed by atoms with Crippen molar-refractivity contribution in [1.29, 1.82) is 0 Å². The van der Waals surface area contributed by atoms with Crippen LogP contribution in [0.2, 0.25) is 5.02 Å². The monoisotopic (exact) mass is 390 g/mol. The molecule has 9 heteroatoms. The van der Waals surface area contributed by atoms with E-state index in [9.17, 15) is 9.59 Å². The molecule has 1 atom stereocenters. The van der Waals surface area contributed by atoms with Gasteiger partial charge in [0.1, 0.15) is 11.9 Å². The quantitative estimate of drug-likeness (QED) is 0.809. The number of likely N-dealkylation sites (N-methyl/N-ethyl adjacent to an activating group) is 1. The van der Waals surface area contributed by atoms with Crippen LogP contribution in [0.5, 0.6) is 0 Å². The zero-order valence-electron chi connectivity index (χ0n) is 15.4. The Balaban J connectivity index is 1.55. The molecule has 1 unspecified atom stereocenters. The maximum absolute atomic E-state index is 12.8. The summed E-state index contributed by atoms with van der Waals surface area (Å²) < 4.78 is 1.67. The summed E-state index contributed by atoms with van der Waals surface area (Å²) in [5, 5.41) is 10.5. The zero-order valence-corrected chi connectivity index (χ0v) is 16.1. The molecule has 1 aliphatic rings. The van der Waals surface area contributed by atoms with Crippen LogP contribution in [0.1, 0.15) is 24.4 Å².